The zero-order valence-electron chi connectivity index (χ0n) is 8.01. The van der Waals surface area contributed by atoms with Crippen LogP contribution in [-0.4, -0.2) is 12.7 Å². The molecular weight excluding hydrogens is 363 g/mol. The third-order valence-corrected chi connectivity index (χ3v) is 6.46. The Bertz CT molecular complexity index is 317. The Morgan fingerprint density at radius 1 is 1.47 bits per heavy atom. The summed E-state index contributed by atoms with van der Waals surface area (Å²) in [6, 6.07) is 2.07. The summed E-state index contributed by atoms with van der Waals surface area (Å²) in [5.41, 5.74) is 0. The Labute approximate surface area is 115 Å². The van der Waals surface area contributed by atoms with Gasteiger partial charge in [0.05, 0.1) is 15.3 Å². The molecule has 15 heavy (non-hydrogen) atoms. The van der Waals surface area contributed by atoms with Crippen LogP contribution in [0, 0.1) is 0 Å². The lowest BCUT2D eigenvalue weighted by Crippen LogP contribution is -2.23. The van der Waals surface area contributed by atoms with Gasteiger partial charge in [0.25, 0.3) is 0 Å². The molecule has 2 rings (SSSR count). The lowest BCUT2D eigenvalue weighted by Gasteiger charge is -2.25. The average molecular weight is 375 g/mol. The third-order valence-electron chi connectivity index (χ3n) is 2.48. The van der Waals surface area contributed by atoms with Gasteiger partial charge in [-0.3, -0.25) is 0 Å². The number of alkyl halides is 1. The summed E-state index contributed by atoms with van der Waals surface area (Å²) in [4.78, 5) is 1.17. The van der Waals surface area contributed by atoms with Gasteiger partial charge in [0.15, 0.2) is 0 Å². The fourth-order valence-corrected chi connectivity index (χ4v) is 4.19. The molecule has 1 saturated heterocycles. The van der Waals surface area contributed by atoms with E-state index in [-0.39, 0.29) is 11.5 Å². The lowest BCUT2D eigenvalue weighted by atomic mass is 10.1. The Morgan fingerprint density at radius 3 is 2.80 bits per heavy atom. The van der Waals surface area contributed by atoms with Crippen LogP contribution in [0.1, 0.15) is 29.5 Å². The molecule has 1 fully saturated rings. The minimum Gasteiger partial charge on any atom is -0.376 e. The molecule has 0 N–H and O–H groups in total. The molecule has 1 aromatic rings. The van der Waals surface area contributed by atoms with E-state index < -0.39 is 0 Å². The van der Waals surface area contributed by atoms with E-state index in [0.717, 1.165) is 27.7 Å². The van der Waals surface area contributed by atoms with Crippen LogP contribution in [0.2, 0.25) is 0 Å². The fraction of sp³-hybridized carbons (Fsp3) is 0.600. The van der Waals surface area contributed by atoms with E-state index in [1.54, 1.807) is 11.3 Å². The van der Waals surface area contributed by atoms with Crippen molar-refractivity contribution in [3.8, 4) is 0 Å². The fourth-order valence-electron chi connectivity index (χ4n) is 1.68. The van der Waals surface area contributed by atoms with Crippen molar-refractivity contribution in [2.24, 2.45) is 0 Å². The van der Waals surface area contributed by atoms with Gasteiger partial charge in [-0.1, -0.05) is 0 Å². The molecule has 0 aliphatic carbocycles. The van der Waals surface area contributed by atoms with Gasteiger partial charge < -0.3 is 4.74 Å². The predicted octanol–water partition coefficient (Wildman–Crippen LogP) is 5.12. The Balaban J connectivity index is 2.08. The number of thiophene rings is 1. The van der Waals surface area contributed by atoms with Crippen molar-refractivity contribution < 1.29 is 4.74 Å². The second-order valence-corrected chi connectivity index (χ2v) is 7.30. The van der Waals surface area contributed by atoms with Crippen molar-refractivity contribution in [2.75, 3.05) is 6.61 Å². The third kappa shape index (κ3) is 2.97. The average Bonchev–Trinajstić information content (AvgIpc) is 2.59. The topological polar surface area (TPSA) is 9.23 Å². The van der Waals surface area contributed by atoms with Crippen LogP contribution in [0.3, 0.4) is 0 Å². The van der Waals surface area contributed by atoms with E-state index >= 15 is 0 Å². The van der Waals surface area contributed by atoms with Crippen LogP contribution in [-0.2, 0) is 4.74 Å². The van der Waals surface area contributed by atoms with Crippen molar-refractivity contribution in [1.82, 2.24) is 0 Å². The highest BCUT2D eigenvalue weighted by Gasteiger charge is 2.25. The van der Waals surface area contributed by atoms with Gasteiger partial charge in [0.1, 0.15) is 0 Å². The first-order valence-corrected chi connectivity index (χ1v) is 7.73. The van der Waals surface area contributed by atoms with Gasteiger partial charge in [-0.05, 0) is 57.2 Å². The molecule has 1 aliphatic heterocycles. The van der Waals surface area contributed by atoms with Crippen molar-refractivity contribution in [1.29, 1.82) is 0 Å². The molecule has 2 unspecified atom stereocenters. The Hall–Kier alpha value is 0.910. The van der Waals surface area contributed by atoms with E-state index in [9.17, 15) is 0 Å². The van der Waals surface area contributed by atoms with Gasteiger partial charge in [-0.2, -0.15) is 0 Å². The summed E-state index contributed by atoms with van der Waals surface area (Å²) in [6.07, 6.45) is 3.64. The van der Waals surface area contributed by atoms with Crippen molar-refractivity contribution >= 4 is 54.8 Å². The maximum absolute atomic E-state index is 6.41. The van der Waals surface area contributed by atoms with E-state index in [0.29, 0.717) is 0 Å². The first-order valence-electron chi connectivity index (χ1n) is 4.89. The standard InChI is InChI=1S/C10H11Br2ClOS/c11-6-5-8(15-10(6)12)9(13)7-3-1-2-4-14-7/h5,7,9H,1-4H2. The molecule has 0 saturated carbocycles. The van der Waals surface area contributed by atoms with Gasteiger partial charge in [0, 0.05) is 16.0 Å². The van der Waals surface area contributed by atoms with E-state index in [4.69, 9.17) is 16.3 Å². The van der Waals surface area contributed by atoms with Crippen LogP contribution in [0.15, 0.2) is 14.3 Å². The summed E-state index contributed by atoms with van der Waals surface area (Å²) >= 11 is 15.0. The highest BCUT2D eigenvalue weighted by molar-refractivity contribution is 9.13. The number of hydrogen-bond donors (Lipinski definition) is 0. The monoisotopic (exact) mass is 372 g/mol. The molecule has 0 radical (unpaired) electrons. The van der Waals surface area contributed by atoms with Crippen molar-refractivity contribution in [3.63, 3.8) is 0 Å². The minimum absolute atomic E-state index is 0.0158. The van der Waals surface area contributed by atoms with E-state index in [2.05, 4.69) is 37.9 Å². The molecule has 1 aliphatic rings. The molecule has 2 atom stereocenters. The van der Waals surface area contributed by atoms with Crippen molar-refractivity contribution in [2.45, 2.75) is 30.7 Å². The quantitative estimate of drug-likeness (QED) is 0.653. The molecule has 0 bridgehead atoms. The summed E-state index contributed by atoms with van der Waals surface area (Å²) in [7, 11) is 0. The van der Waals surface area contributed by atoms with Gasteiger partial charge in [0.2, 0.25) is 0 Å². The molecule has 0 spiro atoms. The second-order valence-electron chi connectivity index (χ2n) is 3.58. The number of halogens is 3. The maximum Gasteiger partial charge on any atom is 0.0940 e. The number of rotatable bonds is 2. The van der Waals surface area contributed by atoms with E-state index in [1.165, 1.54) is 11.3 Å². The maximum atomic E-state index is 6.41. The largest absolute Gasteiger partial charge is 0.376 e. The highest BCUT2D eigenvalue weighted by Crippen LogP contribution is 2.41. The van der Waals surface area contributed by atoms with Gasteiger partial charge in [-0.15, -0.1) is 22.9 Å². The zero-order chi connectivity index (χ0) is 10.8. The Kier molecular flexibility index (Phi) is 4.53. The first-order chi connectivity index (χ1) is 7.18. The first kappa shape index (κ1) is 12.4. The Morgan fingerprint density at radius 2 is 2.27 bits per heavy atom. The minimum atomic E-state index is -0.0158. The molecular formula is C10H11Br2ClOS. The number of hydrogen-bond acceptors (Lipinski definition) is 2. The van der Waals surface area contributed by atoms with Crippen LogP contribution in [0.5, 0.6) is 0 Å². The van der Waals surface area contributed by atoms with Gasteiger partial charge in [-0.25, -0.2) is 0 Å². The van der Waals surface area contributed by atoms with Crippen LogP contribution < -0.4 is 0 Å². The second kappa shape index (κ2) is 5.50. The molecule has 0 amide bonds. The normalized spacial score (nSPS) is 24.1. The summed E-state index contributed by atoms with van der Waals surface area (Å²) in [6.45, 7) is 0.849. The van der Waals surface area contributed by atoms with Crippen LogP contribution in [0.25, 0.3) is 0 Å². The van der Waals surface area contributed by atoms with E-state index in [1.807, 2.05) is 0 Å². The molecule has 1 nitrogen and oxygen atoms in total. The molecule has 84 valence electrons. The lowest BCUT2D eigenvalue weighted by molar-refractivity contribution is 0.0141. The number of ether oxygens (including phenoxy) is 1. The van der Waals surface area contributed by atoms with Gasteiger partial charge >= 0.3 is 0 Å². The SMILES string of the molecule is ClC(c1cc(Br)c(Br)s1)C1CCCCO1. The molecule has 2 heterocycles. The summed E-state index contributed by atoms with van der Waals surface area (Å²) in [5, 5.41) is -0.0158. The summed E-state index contributed by atoms with van der Waals surface area (Å²) in [5.74, 6) is 0. The summed E-state index contributed by atoms with van der Waals surface area (Å²) < 4.78 is 7.86. The zero-order valence-corrected chi connectivity index (χ0v) is 12.8. The molecule has 5 heteroatoms. The highest BCUT2D eigenvalue weighted by atomic mass is 79.9. The van der Waals surface area contributed by atoms with Crippen LogP contribution in [0.4, 0.5) is 0 Å². The predicted molar refractivity (Wildman–Crippen MR) is 71.9 cm³/mol. The van der Waals surface area contributed by atoms with Crippen LogP contribution >= 0.6 is 54.8 Å². The smallest absolute Gasteiger partial charge is 0.0940 e. The van der Waals surface area contributed by atoms with Crippen molar-refractivity contribution in [3.05, 3.63) is 19.2 Å². The molecule has 1 aromatic heterocycles. The molecule has 0 aromatic carbocycles.